The number of aromatic amines is 1. The molecular formula is C19H22ClN5O3. The number of allylic oxidation sites excluding steroid dienone is 1. The van der Waals surface area contributed by atoms with Crippen molar-refractivity contribution >= 4 is 35.0 Å². The highest BCUT2D eigenvalue weighted by Gasteiger charge is 2.20. The Bertz CT molecular complexity index is 924. The Morgan fingerprint density at radius 1 is 1.43 bits per heavy atom. The number of carbonyl (C=O) groups excluding carboxylic acids is 2. The number of ether oxygens (including phenoxy) is 1. The van der Waals surface area contributed by atoms with Crippen LogP contribution in [0.5, 0.6) is 0 Å². The lowest BCUT2D eigenvalue weighted by atomic mass is 10.0. The summed E-state index contributed by atoms with van der Waals surface area (Å²) in [5.74, 6) is 0.442. The molecule has 2 amide bonds. The van der Waals surface area contributed by atoms with E-state index in [1.54, 1.807) is 18.2 Å². The van der Waals surface area contributed by atoms with E-state index in [2.05, 4.69) is 25.3 Å². The fourth-order valence-electron chi connectivity index (χ4n) is 2.95. The molecule has 0 saturated carbocycles. The number of aromatic nitrogens is 2. The SMILES string of the molecule is COC(=O)Nc1ccc2c(c1)NC(=O)C[C@H](C)/C=C\C[C@H](N)c1nc-2c(Cl)[nH]1. The zero-order valence-corrected chi connectivity index (χ0v) is 16.3. The third-order valence-corrected chi connectivity index (χ3v) is 4.65. The number of hydrogen-bond donors (Lipinski definition) is 4. The second kappa shape index (κ2) is 8.45. The summed E-state index contributed by atoms with van der Waals surface area (Å²) in [6.07, 6.45) is 4.17. The minimum Gasteiger partial charge on any atom is -0.453 e. The van der Waals surface area contributed by atoms with Crippen LogP contribution in [-0.4, -0.2) is 29.1 Å². The maximum absolute atomic E-state index is 12.5. The van der Waals surface area contributed by atoms with Gasteiger partial charge in [-0.2, -0.15) is 0 Å². The fraction of sp³-hybridized carbons (Fsp3) is 0.316. The Hall–Kier alpha value is -2.84. The Labute approximate surface area is 167 Å². The maximum atomic E-state index is 12.5. The molecule has 2 aromatic rings. The Morgan fingerprint density at radius 2 is 2.21 bits per heavy atom. The van der Waals surface area contributed by atoms with Gasteiger partial charge < -0.3 is 20.8 Å². The summed E-state index contributed by atoms with van der Waals surface area (Å²) in [4.78, 5) is 31.6. The van der Waals surface area contributed by atoms with Gasteiger partial charge in [0, 0.05) is 17.7 Å². The predicted molar refractivity (Wildman–Crippen MR) is 108 cm³/mol. The summed E-state index contributed by atoms with van der Waals surface area (Å²) in [5, 5.41) is 5.79. The Morgan fingerprint density at radius 3 is 2.96 bits per heavy atom. The number of carbonyl (C=O) groups is 2. The normalized spacial score (nSPS) is 20.6. The van der Waals surface area contributed by atoms with Gasteiger partial charge in [0.1, 0.15) is 16.7 Å². The van der Waals surface area contributed by atoms with Crippen molar-refractivity contribution < 1.29 is 14.3 Å². The first-order chi connectivity index (χ1) is 13.4. The van der Waals surface area contributed by atoms with Crippen LogP contribution in [0.1, 0.15) is 31.6 Å². The van der Waals surface area contributed by atoms with Crippen LogP contribution in [0.3, 0.4) is 0 Å². The van der Waals surface area contributed by atoms with Gasteiger partial charge in [0.15, 0.2) is 0 Å². The number of hydrogen-bond acceptors (Lipinski definition) is 5. The van der Waals surface area contributed by atoms with Crippen LogP contribution in [0.25, 0.3) is 11.3 Å². The van der Waals surface area contributed by atoms with Crippen molar-refractivity contribution in [3.8, 4) is 11.3 Å². The van der Waals surface area contributed by atoms with Gasteiger partial charge in [0.2, 0.25) is 5.91 Å². The van der Waals surface area contributed by atoms with Crippen molar-refractivity contribution in [2.45, 2.75) is 25.8 Å². The van der Waals surface area contributed by atoms with E-state index in [0.29, 0.717) is 46.5 Å². The van der Waals surface area contributed by atoms with Crippen LogP contribution < -0.4 is 16.4 Å². The van der Waals surface area contributed by atoms with Crippen molar-refractivity contribution in [3.05, 3.63) is 41.3 Å². The predicted octanol–water partition coefficient (Wildman–Crippen LogP) is 3.83. The number of halogens is 1. The van der Waals surface area contributed by atoms with Crippen LogP contribution in [0.2, 0.25) is 5.15 Å². The van der Waals surface area contributed by atoms with E-state index in [4.69, 9.17) is 17.3 Å². The molecule has 2 bridgehead atoms. The molecule has 0 saturated heterocycles. The standard InChI is InChI=1S/C19H22ClN5O3/c1-10-4-3-5-13(21)18-24-16(17(20)25-18)12-7-6-11(22-19(27)28-2)9-14(12)23-15(26)8-10/h3-4,6-7,9-10,13H,5,8,21H2,1-2H3,(H,22,27)(H,23,26)(H,24,25)/b4-3-/t10-,13+/m1/s1. The zero-order chi connectivity index (χ0) is 20.3. The van der Waals surface area contributed by atoms with Crippen LogP contribution >= 0.6 is 11.6 Å². The molecule has 0 radical (unpaired) electrons. The average Bonchev–Trinajstić information content (AvgIpc) is 3.02. The van der Waals surface area contributed by atoms with Gasteiger partial charge in [-0.15, -0.1) is 0 Å². The van der Waals surface area contributed by atoms with Crippen molar-refractivity contribution in [2.75, 3.05) is 17.7 Å². The third-order valence-electron chi connectivity index (χ3n) is 4.37. The molecule has 0 spiro atoms. The smallest absolute Gasteiger partial charge is 0.411 e. The molecule has 1 aliphatic rings. The quantitative estimate of drug-likeness (QED) is 0.539. The molecule has 0 aliphatic carbocycles. The number of anilines is 2. The van der Waals surface area contributed by atoms with E-state index < -0.39 is 6.09 Å². The molecule has 28 heavy (non-hydrogen) atoms. The van der Waals surface area contributed by atoms with Gasteiger partial charge >= 0.3 is 6.09 Å². The molecule has 2 atom stereocenters. The van der Waals surface area contributed by atoms with E-state index in [1.807, 2.05) is 19.1 Å². The number of amides is 2. The van der Waals surface area contributed by atoms with Gasteiger partial charge in [0.25, 0.3) is 0 Å². The van der Waals surface area contributed by atoms with Crippen molar-refractivity contribution in [1.29, 1.82) is 0 Å². The summed E-state index contributed by atoms with van der Waals surface area (Å²) in [6, 6.07) is 4.69. The largest absolute Gasteiger partial charge is 0.453 e. The fourth-order valence-corrected chi connectivity index (χ4v) is 3.20. The number of H-pyrrole nitrogens is 1. The van der Waals surface area contributed by atoms with Crippen LogP contribution in [0.15, 0.2) is 30.4 Å². The molecule has 8 nitrogen and oxygen atoms in total. The lowest BCUT2D eigenvalue weighted by Gasteiger charge is -2.14. The Kier molecular flexibility index (Phi) is 6.01. The summed E-state index contributed by atoms with van der Waals surface area (Å²) in [6.45, 7) is 1.96. The average molecular weight is 404 g/mol. The summed E-state index contributed by atoms with van der Waals surface area (Å²) in [5.41, 5.74) is 8.24. The number of rotatable bonds is 1. The van der Waals surface area contributed by atoms with Crippen LogP contribution in [0.4, 0.5) is 16.2 Å². The van der Waals surface area contributed by atoms with Gasteiger partial charge in [0.05, 0.1) is 18.8 Å². The molecular weight excluding hydrogens is 382 g/mol. The lowest BCUT2D eigenvalue weighted by molar-refractivity contribution is -0.116. The first kappa shape index (κ1) is 19.9. The van der Waals surface area contributed by atoms with E-state index in [0.717, 1.165) is 0 Å². The minimum absolute atomic E-state index is 0.0441. The molecule has 9 heteroatoms. The van der Waals surface area contributed by atoms with Gasteiger partial charge in [-0.1, -0.05) is 30.7 Å². The number of methoxy groups -OCH3 is 1. The van der Waals surface area contributed by atoms with Gasteiger partial charge in [-0.05, 0) is 30.5 Å². The van der Waals surface area contributed by atoms with E-state index in [9.17, 15) is 9.59 Å². The minimum atomic E-state index is -0.610. The molecule has 5 N–H and O–H groups in total. The molecule has 3 rings (SSSR count). The van der Waals surface area contributed by atoms with Crippen LogP contribution in [-0.2, 0) is 9.53 Å². The highest BCUT2D eigenvalue weighted by atomic mass is 35.5. The number of fused-ring (bicyclic) bond motifs is 4. The first-order valence-corrected chi connectivity index (χ1v) is 9.22. The zero-order valence-electron chi connectivity index (χ0n) is 15.6. The number of nitrogens with zero attached hydrogens (tertiary/aromatic N) is 1. The molecule has 2 heterocycles. The third kappa shape index (κ3) is 4.52. The highest BCUT2D eigenvalue weighted by Crippen LogP contribution is 2.35. The molecule has 148 valence electrons. The Balaban J connectivity index is 2.08. The summed E-state index contributed by atoms with van der Waals surface area (Å²) < 4.78 is 4.62. The van der Waals surface area contributed by atoms with E-state index >= 15 is 0 Å². The van der Waals surface area contributed by atoms with Crippen molar-refractivity contribution in [2.24, 2.45) is 11.7 Å². The number of nitrogens with two attached hydrogens (primary N) is 1. The molecule has 0 unspecified atom stereocenters. The van der Waals surface area contributed by atoms with E-state index in [-0.39, 0.29) is 17.9 Å². The molecule has 1 aromatic carbocycles. The first-order valence-electron chi connectivity index (χ1n) is 8.84. The van der Waals surface area contributed by atoms with Gasteiger partial charge in [-0.3, -0.25) is 10.1 Å². The number of nitrogens with one attached hydrogen (secondary N) is 3. The molecule has 1 aliphatic heterocycles. The second-order valence-corrected chi connectivity index (χ2v) is 7.04. The van der Waals surface area contributed by atoms with Crippen molar-refractivity contribution in [3.63, 3.8) is 0 Å². The monoisotopic (exact) mass is 403 g/mol. The van der Waals surface area contributed by atoms with Crippen LogP contribution in [0, 0.1) is 5.92 Å². The lowest BCUT2D eigenvalue weighted by Crippen LogP contribution is -2.16. The summed E-state index contributed by atoms with van der Waals surface area (Å²) >= 11 is 6.36. The number of benzene rings is 1. The molecule has 0 fully saturated rings. The highest BCUT2D eigenvalue weighted by molar-refractivity contribution is 6.32. The van der Waals surface area contributed by atoms with Gasteiger partial charge in [-0.25, -0.2) is 9.78 Å². The topological polar surface area (TPSA) is 122 Å². The summed E-state index contributed by atoms with van der Waals surface area (Å²) in [7, 11) is 1.27. The maximum Gasteiger partial charge on any atom is 0.411 e. The van der Waals surface area contributed by atoms with Crippen molar-refractivity contribution in [1.82, 2.24) is 9.97 Å². The second-order valence-electron chi connectivity index (χ2n) is 6.66. The number of imidazole rings is 1. The van der Waals surface area contributed by atoms with E-state index in [1.165, 1.54) is 7.11 Å². The molecule has 1 aromatic heterocycles.